The van der Waals surface area contributed by atoms with Crippen LogP contribution < -0.4 is 9.47 Å². The summed E-state index contributed by atoms with van der Waals surface area (Å²) in [7, 11) is 3.29. The van der Waals surface area contributed by atoms with Crippen molar-refractivity contribution >= 4 is 6.08 Å². The Morgan fingerprint density at radius 1 is 1.07 bits per heavy atom. The smallest absolute Gasteiger partial charge is 0.161 e. The van der Waals surface area contributed by atoms with Gasteiger partial charge in [0.15, 0.2) is 11.5 Å². The molecule has 0 atom stereocenters. The fourth-order valence-corrected chi connectivity index (χ4v) is 1.36. The van der Waals surface area contributed by atoms with Gasteiger partial charge in [0.05, 0.1) is 14.2 Å². The molecule has 0 fully saturated rings. The first kappa shape index (κ1) is 10.6. The van der Waals surface area contributed by atoms with Gasteiger partial charge in [-0.15, -0.1) is 0 Å². The monoisotopic (exact) mass is 192 g/mol. The molecular weight excluding hydrogens is 176 g/mol. The SMILES string of the molecule is C/C=C/c1cc(OC)c(OC)cc1C. The van der Waals surface area contributed by atoms with Crippen LogP contribution in [-0.4, -0.2) is 14.2 Å². The minimum absolute atomic E-state index is 0.770. The van der Waals surface area contributed by atoms with Crippen molar-refractivity contribution in [1.82, 2.24) is 0 Å². The zero-order chi connectivity index (χ0) is 10.6. The highest BCUT2D eigenvalue weighted by Crippen LogP contribution is 2.30. The van der Waals surface area contributed by atoms with Gasteiger partial charge >= 0.3 is 0 Å². The van der Waals surface area contributed by atoms with Gasteiger partial charge in [-0.2, -0.15) is 0 Å². The molecule has 0 aliphatic rings. The number of hydrogen-bond acceptors (Lipinski definition) is 2. The van der Waals surface area contributed by atoms with Crippen molar-refractivity contribution in [3.8, 4) is 11.5 Å². The minimum atomic E-state index is 0.770. The molecule has 0 heterocycles. The van der Waals surface area contributed by atoms with Crippen LogP contribution in [0, 0.1) is 6.92 Å². The lowest BCUT2D eigenvalue weighted by Gasteiger charge is -2.10. The van der Waals surface area contributed by atoms with Crippen LogP contribution in [0.2, 0.25) is 0 Å². The zero-order valence-corrected chi connectivity index (χ0v) is 9.13. The second-order valence-corrected chi connectivity index (χ2v) is 3.06. The average Bonchev–Trinajstić information content (AvgIpc) is 2.20. The van der Waals surface area contributed by atoms with E-state index in [2.05, 4.69) is 13.0 Å². The lowest BCUT2D eigenvalue weighted by molar-refractivity contribution is 0.354. The molecule has 0 aliphatic carbocycles. The number of benzene rings is 1. The fraction of sp³-hybridized carbons (Fsp3) is 0.333. The van der Waals surface area contributed by atoms with Crippen LogP contribution in [0.15, 0.2) is 18.2 Å². The average molecular weight is 192 g/mol. The summed E-state index contributed by atoms with van der Waals surface area (Å²) in [6.45, 7) is 4.05. The lowest BCUT2D eigenvalue weighted by atomic mass is 10.1. The van der Waals surface area contributed by atoms with Crippen LogP contribution in [0.4, 0.5) is 0 Å². The number of rotatable bonds is 3. The molecule has 1 rings (SSSR count). The Hall–Kier alpha value is -1.44. The molecule has 1 aromatic carbocycles. The maximum atomic E-state index is 5.22. The highest BCUT2D eigenvalue weighted by Gasteiger charge is 2.05. The third-order valence-corrected chi connectivity index (χ3v) is 2.12. The maximum Gasteiger partial charge on any atom is 0.161 e. The number of aryl methyl sites for hydroxylation is 1. The normalized spacial score (nSPS) is 10.6. The summed E-state index contributed by atoms with van der Waals surface area (Å²) in [6.07, 6.45) is 4.06. The Kier molecular flexibility index (Phi) is 3.57. The van der Waals surface area contributed by atoms with E-state index >= 15 is 0 Å². The molecule has 2 nitrogen and oxygen atoms in total. The molecule has 14 heavy (non-hydrogen) atoms. The van der Waals surface area contributed by atoms with Crippen molar-refractivity contribution in [3.05, 3.63) is 29.3 Å². The molecule has 0 saturated carbocycles. The quantitative estimate of drug-likeness (QED) is 0.732. The molecule has 0 aliphatic heterocycles. The van der Waals surface area contributed by atoms with Gasteiger partial charge in [-0.1, -0.05) is 12.2 Å². The van der Waals surface area contributed by atoms with Crippen molar-refractivity contribution in [2.45, 2.75) is 13.8 Å². The Bertz CT molecular complexity index is 340. The number of hydrogen-bond donors (Lipinski definition) is 0. The molecule has 0 unspecified atom stereocenters. The van der Waals surface area contributed by atoms with Crippen molar-refractivity contribution < 1.29 is 9.47 Å². The number of methoxy groups -OCH3 is 2. The van der Waals surface area contributed by atoms with Crippen LogP contribution in [0.25, 0.3) is 6.08 Å². The molecular formula is C12H16O2. The molecule has 1 aromatic rings. The van der Waals surface area contributed by atoms with Gasteiger partial charge in [0.2, 0.25) is 0 Å². The molecule has 0 N–H and O–H groups in total. The van der Waals surface area contributed by atoms with Crippen LogP contribution in [-0.2, 0) is 0 Å². The van der Waals surface area contributed by atoms with Gasteiger partial charge in [-0.05, 0) is 37.1 Å². The number of allylic oxidation sites excluding steroid dienone is 1. The van der Waals surface area contributed by atoms with Crippen molar-refractivity contribution in [3.63, 3.8) is 0 Å². The van der Waals surface area contributed by atoms with Crippen LogP contribution in [0.1, 0.15) is 18.1 Å². The van der Waals surface area contributed by atoms with E-state index in [0.29, 0.717) is 0 Å². The summed E-state index contributed by atoms with van der Waals surface area (Å²) in [6, 6.07) is 3.96. The van der Waals surface area contributed by atoms with E-state index in [0.717, 1.165) is 17.1 Å². The van der Waals surface area contributed by atoms with E-state index in [1.165, 1.54) is 5.56 Å². The molecule has 2 heteroatoms. The maximum absolute atomic E-state index is 5.22. The zero-order valence-electron chi connectivity index (χ0n) is 9.13. The van der Waals surface area contributed by atoms with Gasteiger partial charge in [0, 0.05) is 0 Å². The Balaban J connectivity index is 3.23. The topological polar surface area (TPSA) is 18.5 Å². The minimum Gasteiger partial charge on any atom is -0.493 e. The van der Waals surface area contributed by atoms with Crippen LogP contribution >= 0.6 is 0 Å². The third kappa shape index (κ3) is 2.08. The van der Waals surface area contributed by atoms with Crippen molar-refractivity contribution in [2.75, 3.05) is 14.2 Å². The van der Waals surface area contributed by atoms with E-state index in [4.69, 9.17) is 9.47 Å². The molecule has 0 amide bonds. The first-order chi connectivity index (χ1) is 6.72. The Morgan fingerprint density at radius 2 is 1.64 bits per heavy atom. The molecule has 76 valence electrons. The van der Waals surface area contributed by atoms with Crippen molar-refractivity contribution in [2.24, 2.45) is 0 Å². The van der Waals surface area contributed by atoms with Gasteiger partial charge in [0.25, 0.3) is 0 Å². The largest absolute Gasteiger partial charge is 0.493 e. The highest BCUT2D eigenvalue weighted by atomic mass is 16.5. The second-order valence-electron chi connectivity index (χ2n) is 3.06. The Morgan fingerprint density at radius 3 is 2.14 bits per heavy atom. The predicted molar refractivity (Wildman–Crippen MR) is 59.0 cm³/mol. The summed E-state index contributed by atoms with van der Waals surface area (Å²) >= 11 is 0. The van der Waals surface area contributed by atoms with E-state index < -0.39 is 0 Å². The van der Waals surface area contributed by atoms with Gasteiger partial charge in [-0.3, -0.25) is 0 Å². The fourth-order valence-electron chi connectivity index (χ4n) is 1.36. The van der Waals surface area contributed by atoms with Crippen LogP contribution in [0.3, 0.4) is 0 Å². The standard InChI is InChI=1S/C12H16O2/c1-5-6-10-8-12(14-4)11(13-3)7-9(10)2/h5-8H,1-4H3/b6-5+. The molecule has 0 spiro atoms. The number of ether oxygens (including phenoxy) is 2. The molecule has 0 aromatic heterocycles. The second kappa shape index (κ2) is 4.70. The summed E-state index contributed by atoms with van der Waals surface area (Å²) < 4.78 is 10.4. The van der Waals surface area contributed by atoms with Crippen LogP contribution in [0.5, 0.6) is 11.5 Å². The van der Waals surface area contributed by atoms with E-state index in [-0.39, 0.29) is 0 Å². The van der Waals surface area contributed by atoms with E-state index in [9.17, 15) is 0 Å². The first-order valence-electron chi connectivity index (χ1n) is 4.58. The summed E-state index contributed by atoms with van der Waals surface area (Å²) in [4.78, 5) is 0. The predicted octanol–water partition coefficient (Wildman–Crippen LogP) is 3.05. The molecule has 0 bridgehead atoms. The van der Waals surface area contributed by atoms with Gasteiger partial charge in [0.1, 0.15) is 0 Å². The summed E-state index contributed by atoms with van der Waals surface area (Å²) in [5, 5.41) is 0. The van der Waals surface area contributed by atoms with Gasteiger partial charge < -0.3 is 9.47 Å². The van der Waals surface area contributed by atoms with E-state index in [1.807, 2.05) is 25.1 Å². The lowest BCUT2D eigenvalue weighted by Crippen LogP contribution is -1.92. The van der Waals surface area contributed by atoms with Gasteiger partial charge in [-0.25, -0.2) is 0 Å². The summed E-state index contributed by atoms with van der Waals surface area (Å²) in [5.41, 5.74) is 2.34. The highest BCUT2D eigenvalue weighted by molar-refractivity contribution is 5.59. The summed E-state index contributed by atoms with van der Waals surface area (Å²) in [5.74, 6) is 1.55. The molecule has 0 radical (unpaired) electrons. The molecule has 0 saturated heterocycles. The van der Waals surface area contributed by atoms with E-state index in [1.54, 1.807) is 14.2 Å². The Labute approximate surface area is 85.2 Å². The van der Waals surface area contributed by atoms with Crippen molar-refractivity contribution in [1.29, 1.82) is 0 Å². The first-order valence-corrected chi connectivity index (χ1v) is 4.58. The third-order valence-electron chi connectivity index (χ3n) is 2.12.